The smallest absolute Gasteiger partial charge is 0.407 e. The molecule has 0 unspecified atom stereocenters. The van der Waals surface area contributed by atoms with Crippen LogP contribution in [0.15, 0.2) is 53.6 Å². The Morgan fingerprint density at radius 1 is 1.05 bits per heavy atom. The first-order valence-electron chi connectivity index (χ1n) is 12.5. The van der Waals surface area contributed by atoms with Gasteiger partial charge in [-0.25, -0.2) is 23.4 Å². The molecule has 11 nitrogen and oxygen atoms in total. The van der Waals surface area contributed by atoms with Crippen molar-refractivity contribution in [3.05, 3.63) is 87.2 Å². The lowest BCUT2D eigenvalue weighted by molar-refractivity contribution is 0.0526. The number of nitrogens with zero attached hydrogens (tertiary/aromatic N) is 4. The number of aromatic nitrogens is 4. The lowest BCUT2D eigenvalue weighted by Gasteiger charge is -2.19. The van der Waals surface area contributed by atoms with Crippen LogP contribution >= 0.6 is 11.3 Å². The van der Waals surface area contributed by atoms with E-state index in [1.54, 1.807) is 45.9 Å². The first kappa shape index (κ1) is 29.4. The zero-order valence-corrected chi connectivity index (χ0v) is 23.6. The maximum absolute atomic E-state index is 15.0. The molecule has 0 saturated carbocycles. The minimum atomic E-state index is -0.773. The van der Waals surface area contributed by atoms with E-state index in [1.165, 1.54) is 29.1 Å². The van der Waals surface area contributed by atoms with Crippen molar-refractivity contribution >= 4 is 23.3 Å². The van der Waals surface area contributed by atoms with E-state index in [4.69, 9.17) is 9.47 Å². The molecule has 0 fully saturated rings. The predicted molar refractivity (Wildman–Crippen MR) is 147 cm³/mol. The van der Waals surface area contributed by atoms with Crippen LogP contribution in [0.1, 0.15) is 41.8 Å². The molecule has 41 heavy (non-hydrogen) atoms. The minimum Gasteiger partial charge on any atom is -0.444 e. The number of hydrogen-bond acceptors (Lipinski definition) is 8. The average Bonchev–Trinajstić information content (AvgIpc) is 3.45. The molecule has 14 heteroatoms. The molecule has 0 spiro atoms. The van der Waals surface area contributed by atoms with E-state index in [1.807, 2.05) is 0 Å². The van der Waals surface area contributed by atoms with Crippen molar-refractivity contribution in [2.75, 3.05) is 13.1 Å². The highest BCUT2D eigenvalue weighted by Gasteiger charge is 2.19. The molecule has 4 rings (SSSR count). The second-order valence-corrected chi connectivity index (χ2v) is 10.8. The first-order valence-corrected chi connectivity index (χ1v) is 13.3. The Hall–Kier alpha value is -4.59. The van der Waals surface area contributed by atoms with E-state index >= 15 is 0 Å². The molecule has 2 N–H and O–H groups in total. The highest BCUT2D eigenvalue weighted by molar-refractivity contribution is 7.15. The van der Waals surface area contributed by atoms with Gasteiger partial charge in [0.1, 0.15) is 17.7 Å². The van der Waals surface area contributed by atoms with E-state index in [9.17, 15) is 23.2 Å². The third-order valence-electron chi connectivity index (χ3n) is 5.42. The molecular formula is C27H28F2N6O5S. The standard InChI is InChI=1S/C27H28F2N6O5S/c1-16-24(41-23(33-16)22(36)30-11-12-31-25(37)40-27(2,3)4)39-21-10-9-18(13-20(21)29)35-26(38)34(15-32-35)14-17-7-5-6-8-19(17)28/h5-10,13,15H,11-12,14H2,1-4H3,(H,30,36)(H,31,37). The van der Waals surface area contributed by atoms with Gasteiger partial charge in [-0.05, 0) is 45.9 Å². The summed E-state index contributed by atoms with van der Waals surface area (Å²) >= 11 is 0.926. The van der Waals surface area contributed by atoms with Crippen molar-refractivity contribution < 1.29 is 27.8 Å². The molecular weight excluding hydrogens is 558 g/mol. The Bertz CT molecular complexity index is 1620. The van der Waals surface area contributed by atoms with Crippen LogP contribution in [0.25, 0.3) is 5.69 Å². The third kappa shape index (κ3) is 7.54. The van der Waals surface area contributed by atoms with Gasteiger partial charge in [0.15, 0.2) is 16.6 Å². The molecule has 2 aromatic heterocycles. The molecule has 2 aromatic carbocycles. The second-order valence-electron chi connectivity index (χ2n) is 9.84. The van der Waals surface area contributed by atoms with Crippen LogP contribution in [0.4, 0.5) is 13.6 Å². The Balaban J connectivity index is 1.38. The van der Waals surface area contributed by atoms with E-state index in [2.05, 4.69) is 20.7 Å². The molecule has 0 radical (unpaired) electrons. The lowest BCUT2D eigenvalue weighted by Crippen LogP contribution is -2.37. The maximum Gasteiger partial charge on any atom is 0.407 e. The summed E-state index contributed by atoms with van der Waals surface area (Å²) in [6.45, 7) is 7.10. The summed E-state index contributed by atoms with van der Waals surface area (Å²) in [7, 11) is 0. The van der Waals surface area contributed by atoms with Crippen molar-refractivity contribution in [1.29, 1.82) is 0 Å². The van der Waals surface area contributed by atoms with Crippen molar-refractivity contribution in [1.82, 2.24) is 30.0 Å². The van der Waals surface area contributed by atoms with E-state index in [0.29, 0.717) is 11.3 Å². The number of thiazole rings is 1. The Labute approximate surface area is 237 Å². The SMILES string of the molecule is Cc1nc(C(=O)NCCNC(=O)OC(C)(C)C)sc1Oc1ccc(-n2ncn(Cc3ccccc3F)c2=O)cc1F. The number of carbonyl (C=O) groups is 2. The molecule has 216 valence electrons. The molecule has 4 aromatic rings. The topological polar surface area (TPSA) is 129 Å². The monoisotopic (exact) mass is 586 g/mol. The van der Waals surface area contributed by atoms with E-state index in [0.717, 1.165) is 22.1 Å². The first-order chi connectivity index (χ1) is 19.4. The fraction of sp³-hybridized carbons (Fsp3) is 0.296. The van der Waals surface area contributed by atoms with Crippen molar-refractivity contribution in [3.8, 4) is 16.5 Å². The van der Waals surface area contributed by atoms with Gasteiger partial charge in [-0.2, -0.15) is 9.78 Å². The molecule has 0 saturated heterocycles. The van der Waals surface area contributed by atoms with Gasteiger partial charge in [-0.1, -0.05) is 29.5 Å². The number of nitrogens with one attached hydrogen (secondary N) is 2. The summed E-state index contributed by atoms with van der Waals surface area (Å²) < 4.78 is 41.9. The zero-order chi connectivity index (χ0) is 29.7. The van der Waals surface area contributed by atoms with Crippen LogP contribution in [0.3, 0.4) is 0 Å². The molecule has 0 bridgehead atoms. The fourth-order valence-electron chi connectivity index (χ4n) is 3.54. The third-order valence-corrected chi connectivity index (χ3v) is 6.46. The number of halogens is 2. The largest absolute Gasteiger partial charge is 0.444 e. The predicted octanol–water partition coefficient (Wildman–Crippen LogP) is 4.17. The highest BCUT2D eigenvalue weighted by Crippen LogP contribution is 2.33. The lowest BCUT2D eigenvalue weighted by atomic mass is 10.2. The van der Waals surface area contributed by atoms with Crippen LogP contribution in [0, 0.1) is 18.6 Å². The summed E-state index contributed by atoms with van der Waals surface area (Å²) in [5.41, 5.74) is -0.370. The van der Waals surface area contributed by atoms with Crippen LogP contribution in [0.5, 0.6) is 10.8 Å². The van der Waals surface area contributed by atoms with Crippen molar-refractivity contribution in [3.63, 3.8) is 0 Å². The molecule has 0 aliphatic heterocycles. The van der Waals surface area contributed by atoms with Crippen molar-refractivity contribution in [2.24, 2.45) is 0 Å². The average molecular weight is 587 g/mol. The molecule has 0 aliphatic carbocycles. The molecule has 2 amide bonds. The van der Waals surface area contributed by atoms with Crippen LogP contribution < -0.4 is 21.1 Å². The normalized spacial score (nSPS) is 11.3. The van der Waals surface area contributed by atoms with Crippen LogP contribution in [-0.2, 0) is 11.3 Å². The van der Waals surface area contributed by atoms with Gasteiger partial charge >= 0.3 is 11.8 Å². The van der Waals surface area contributed by atoms with Gasteiger partial charge < -0.3 is 20.1 Å². The number of benzene rings is 2. The number of hydrogen-bond donors (Lipinski definition) is 2. The van der Waals surface area contributed by atoms with Gasteiger partial charge in [-0.15, -0.1) is 0 Å². The number of carbonyl (C=O) groups excluding carboxylic acids is 2. The van der Waals surface area contributed by atoms with Crippen molar-refractivity contribution in [2.45, 2.75) is 39.8 Å². The van der Waals surface area contributed by atoms with Gasteiger partial charge in [0, 0.05) is 24.7 Å². The summed E-state index contributed by atoms with van der Waals surface area (Å²) in [6.07, 6.45) is 0.652. The fourth-order valence-corrected chi connectivity index (χ4v) is 4.39. The minimum absolute atomic E-state index is 0.0317. The molecule has 0 aliphatic rings. The Morgan fingerprint density at radius 2 is 1.78 bits per heavy atom. The Kier molecular flexibility index (Phi) is 8.81. The molecule has 2 heterocycles. The number of amides is 2. The number of alkyl carbamates (subject to hydrolysis) is 1. The summed E-state index contributed by atoms with van der Waals surface area (Å²) in [5.74, 6) is -1.85. The van der Waals surface area contributed by atoms with Gasteiger partial charge in [0.2, 0.25) is 5.06 Å². The summed E-state index contributed by atoms with van der Waals surface area (Å²) in [6, 6.07) is 9.93. The maximum atomic E-state index is 15.0. The second kappa shape index (κ2) is 12.3. The van der Waals surface area contributed by atoms with E-state index in [-0.39, 0.29) is 41.1 Å². The zero-order valence-electron chi connectivity index (χ0n) is 22.7. The van der Waals surface area contributed by atoms with Gasteiger partial charge in [0.05, 0.1) is 17.9 Å². The van der Waals surface area contributed by atoms with Gasteiger partial charge in [-0.3, -0.25) is 9.36 Å². The number of rotatable bonds is 9. The number of ether oxygens (including phenoxy) is 2. The van der Waals surface area contributed by atoms with Gasteiger partial charge in [0.25, 0.3) is 5.91 Å². The number of aryl methyl sites for hydroxylation is 1. The molecule has 0 atom stereocenters. The highest BCUT2D eigenvalue weighted by atomic mass is 32.1. The quantitative estimate of drug-likeness (QED) is 0.282. The Morgan fingerprint density at radius 3 is 2.49 bits per heavy atom. The van der Waals surface area contributed by atoms with Crippen LogP contribution in [0.2, 0.25) is 0 Å². The summed E-state index contributed by atoms with van der Waals surface area (Å²) in [5, 5.41) is 9.48. The van der Waals surface area contributed by atoms with E-state index < -0.39 is 34.9 Å². The van der Waals surface area contributed by atoms with Crippen LogP contribution in [-0.4, -0.2) is 50.0 Å². The summed E-state index contributed by atoms with van der Waals surface area (Å²) in [4.78, 5) is 41.1.